The molecule has 1 unspecified atom stereocenters. The molecule has 0 saturated heterocycles. The summed E-state index contributed by atoms with van der Waals surface area (Å²) in [5.74, 6) is 1.22. The molecule has 4 nitrogen and oxygen atoms in total. The van der Waals surface area contributed by atoms with E-state index in [-0.39, 0.29) is 5.91 Å². The van der Waals surface area contributed by atoms with Crippen LogP contribution in [-0.4, -0.2) is 22.5 Å². The van der Waals surface area contributed by atoms with Crippen LogP contribution < -0.4 is 4.90 Å². The van der Waals surface area contributed by atoms with E-state index in [1.165, 1.54) is 0 Å². The van der Waals surface area contributed by atoms with E-state index in [0.29, 0.717) is 18.3 Å². The number of carbonyl (C=O) groups excluding carboxylic acids is 1. The summed E-state index contributed by atoms with van der Waals surface area (Å²) in [5.41, 5.74) is 1.97. The average molecular weight is 269 g/mol. The van der Waals surface area contributed by atoms with Gasteiger partial charge in [0, 0.05) is 20.5 Å². The Balaban J connectivity index is 1.84. The highest BCUT2D eigenvalue weighted by Crippen LogP contribution is 2.24. The average Bonchev–Trinajstić information content (AvgIpc) is 3.07. The van der Waals surface area contributed by atoms with Crippen molar-refractivity contribution in [1.82, 2.24) is 9.55 Å². The minimum Gasteiger partial charge on any atom is -0.313 e. The second kappa shape index (κ2) is 5.12. The lowest BCUT2D eigenvalue weighted by Gasteiger charge is -2.18. The van der Waals surface area contributed by atoms with Crippen molar-refractivity contribution in [3.05, 3.63) is 36.4 Å². The Morgan fingerprint density at radius 3 is 2.95 bits per heavy atom. The van der Waals surface area contributed by atoms with E-state index in [4.69, 9.17) is 0 Å². The van der Waals surface area contributed by atoms with Crippen molar-refractivity contribution in [3.63, 3.8) is 0 Å². The largest absolute Gasteiger partial charge is 0.313 e. The molecule has 0 fully saturated rings. The molecule has 1 aliphatic rings. The van der Waals surface area contributed by atoms with Gasteiger partial charge < -0.3 is 4.57 Å². The maximum Gasteiger partial charge on any atom is 0.229 e. The summed E-state index contributed by atoms with van der Waals surface area (Å²) >= 11 is 0. The van der Waals surface area contributed by atoms with E-state index in [1.807, 2.05) is 42.9 Å². The van der Waals surface area contributed by atoms with Crippen molar-refractivity contribution in [2.75, 3.05) is 11.9 Å². The van der Waals surface area contributed by atoms with Gasteiger partial charge in [0.2, 0.25) is 11.9 Å². The Labute approximate surface area is 118 Å². The normalized spacial score (nSPS) is 17.8. The Kier molecular flexibility index (Phi) is 3.30. The number of aryl methyl sites for hydroxylation is 1. The van der Waals surface area contributed by atoms with Crippen molar-refractivity contribution >= 4 is 22.9 Å². The highest BCUT2D eigenvalue weighted by Gasteiger charge is 2.21. The fourth-order valence-corrected chi connectivity index (χ4v) is 2.77. The van der Waals surface area contributed by atoms with Crippen molar-refractivity contribution in [1.29, 1.82) is 0 Å². The molecule has 0 N–H and O–H groups in total. The third-order valence-corrected chi connectivity index (χ3v) is 3.99. The summed E-state index contributed by atoms with van der Waals surface area (Å²) in [6, 6.07) is 7.93. The molecular formula is C16H19N3O. The van der Waals surface area contributed by atoms with Gasteiger partial charge in [0.15, 0.2) is 0 Å². The lowest BCUT2D eigenvalue weighted by atomic mass is 10.0. The maximum atomic E-state index is 12.4. The number of anilines is 1. The van der Waals surface area contributed by atoms with Gasteiger partial charge in [-0.2, -0.15) is 0 Å². The van der Waals surface area contributed by atoms with Crippen LogP contribution in [0.5, 0.6) is 0 Å². The van der Waals surface area contributed by atoms with Crippen LogP contribution in [0.2, 0.25) is 0 Å². The number of hydrogen-bond acceptors (Lipinski definition) is 2. The van der Waals surface area contributed by atoms with E-state index in [9.17, 15) is 4.79 Å². The first kappa shape index (κ1) is 12.9. The number of fused-ring (bicyclic) bond motifs is 1. The molecule has 0 saturated carbocycles. The predicted molar refractivity (Wildman–Crippen MR) is 80.6 cm³/mol. The number of amides is 1. The Bertz CT molecular complexity index is 671. The molecule has 20 heavy (non-hydrogen) atoms. The summed E-state index contributed by atoms with van der Waals surface area (Å²) < 4.78 is 1.97. The lowest BCUT2D eigenvalue weighted by Crippen LogP contribution is -2.29. The van der Waals surface area contributed by atoms with Gasteiger partial charge in [-0.1, -0.05) is 24.3 Å². The molecule has 1 atom stereocenters. The Morgan fingerprint density at radius 2 is 2.25 bits per heavy atom. The van der Waals surface area contributed by atoms with Crippen LogP contribution in [0.25, 0.3) is 11.0 Å². The van der Waals surface area contributed by atoms with E-state index >= 15 is 0 Å². The second-order valence-electron chi connectivity index (χ2n) is 5.38. The smallest absolute Gasteiger partial charge is 0.229 e. The minimum atomic E-state index is 0.125. The van der Waals surface area contributed by atoms with Gasteiger partial charge >= 0.3 is 0 Å². The van der Waals surface area contributed by atoms with Crippen molar-refractivity contribution in [2.24, 2.45) is 13.0 Å². The van der Waals surface area contributed by atoms with Crippen LogP contribution >= 0.6 is 0 Å². The molecule has 104 valence electrons. The van der Waals surface area contributed by atoms with Crippen LogP contribution in [0.4, 0.5) is 5.95 Å². The summed E-state index contributed by atoms with van der Waals surface area (Å²) in [5, 5.41) is 0. The number of hydrogen-bond donors (Lipinski definition) is 0. The number of imidazole rings is 1. The molecule has 0 radical (unpaired) electrons. The zero-order chi connectivity index (χ0) is 14.1. The monoisotopic (exact) mass is 269 g/mol. The third kappa shape index (κ3) is 2.22. The molecule has 1 aromatic heterocycles. The standard InChI is InChI=1S/C16H19N3O/c1-18-14-10-6-5-9-13(14)17-16(18)19(2)15(20)11-12-7-3-4-8-12/h3,5-7,9-10,12H,4,8,11H2,1-2H3. The molecular weight excluding hydrogens is 250 g/mol. The molecule has 1 heterocycles. The summed E-state index contributed by atoms with van der Waals surface area (Å²) in [4.78, 5) is 18.6. The Hall–Kier alpha value is -2.10. The van der Waals surface area contributed by atoms with Crippen molar-refractivity contribution in [3.8, 4) is 0 Å². The number of allylic oxidation sites excluding steroid dienone is 2. The number of aromatic nitrogens is 2. The van der Waals surface area contributed by atoms with Crippen molar-refractivity contribution < 1.29 is 4.79 Å². The van der Waals surface area contributed by atoms with E-state index in [0.717, 1.165) is 23.9 Å². The summed E-state index contributed by atoms with van der Waals surface area (Å²) in [6.45, 7) is 0. The predicted octanol–water partition coefficient (Wildman–Crippen LogP) is 2.89. The number of rotatable bonds is 3. The molecule has 1 aromatic carbocycles. The fraction of sp³-hybridized carbons (Fsp3) is 0.375. The number of benzene rings is 1. The SMILES string of the molecule is CN(C(=O)CC1C=CCC1)c1nc2ccccc2n1C. The van der Waals surface area contributed by atoms with Gasteiger partial charge in [-0.05, 0) is 30.9 Å². The molecule has 1 amide bonds. The first-order chi connectivity index (χ1) is 9.66. The van der Waals surface area contributed by atoms with Gasteiger partial charge in [-0.25, -0.2) is 4.98 Å². The lowest BCUT2D eigenvalue weighted by molar-refractivity contribution is -0.119. The molecule has 0 aliphatic heterocycles. The second-order valence-corrected chi connectivity index (χ2v) is 5.38. The highest BCUT2D eigenvalue weighted by atomic mass is 16.2. The van der Waals surface area contributed by atoms with Crippen LogP contribution in [0, 0.1) is 5.92 Å². The molecule has 2 aromatic rings. The third-order valence-electron chi connectivity index (χ3n) is 3.99. The number of carbonyl (C=O) groups is 1. The number of para-hydroxylation sites is 2. The van der Waals surface area contributed by atoms with Crippen LogP contribution in [0.15, 0.2) is 36.4 Å². The maximum absolute atomic E-state index is 12.4. The Morgan fingerprint density at radius 1 is 1.45 bits per heavy atom. The van der Waals surface area contributed by atoms with Gasteiger partial charge in [0.1, 0.15) is 0 Å². The van der Waals surface area contributed by atoms with Gasteiger partial charge in [0.25, 0.3) is 0 Å². The zero-order valence-corrected chi connectivity index (χ0v) is 11.9. The zero-order valence-electron chi connectivity index (χ0n) is 11.9. The molecule has 1 aliphatic carbocycles. The first-order valence-corrected chi connectivity index (χ1v) is 7.01. The van der Waals surface area contributed by atoms with Gasteiger partial charge in [-0.3, -0.25) is 9.69 Å². The minimum absolute atomic E-state index is 0.125. The first-order valence-electron chi connectivity index (χ1n) is 7.01. The summed E-state index contributed by atoms with van der Waals surface area (Å²) in [6.07, 6.45) is 7.06. The van der Waals surface area contributed by atoms with Gasteiger partial charge in [-0.15, -0.1) is 0 Å². The topological polar surface area (TPSA) is 38.1 Å². The highest BCUT2D eigenvalue weighted by molar-refractivity contribution is 5.93. The van der Waals surface area contributed by atoms with E-state index in [2.05, 4.69) is 17.1 Å². The van der Waals surface area contributed by atoms with E-state index < -0.39 is 0 Å². The fourth-order valence-electron chi connectivity index (χ4n) is 2.77. The molecule has 0 bridgehead atoms. The molecule has 0 spiro atoms. The van der Waals surface area contributed by atoms with Gasteiger partial charge in [0.05, 0.1) is 11.0 Å². The van der Waals surface area contributed by atoms with Crippen LogP contribution in [0.1, 0.15) is 19.3 Å². The van der Waals surface area contributed by atoms with Crippen LogP contribution in [-0.2, 0) is 11.8 Å². The molecule has 4 heteroatoms. The van der Waals surface area contributed by atoms with Crippen molar-refractivity contribution in [2.45, 2.75) is 19.3 Å². The summed E-state index contributed by atoms with van der Waals surface area (Å²) in [7, 11) is 3.76. The number of nitrogens with zero attached hydrogens (tertiary/aromatic N) is 3. The molecule has 3 rings (SSSR count). The van der Waals surface area contributed by atoms with Crippen LogP contribution in [0.3, 0.4) is 0 Å². The van der Waals surface area contributed by atoms with E-state index in [1.54, 1.807) is 4.90 Å². The quantitative estimate of drug-likeness (QED) is 0.804.